The second-order valence-electron chi connectivity index (χ2n) is 4.38. The van der Waals surface area contributed by atoms with Gasteiger partial charge >= 0.3 is 0 Å². The van der Waals surface area contributed by atoms with Crippen molar-refractivity contribution >= 4 is 17.2 Å². The van der Waals surface area contributed by atoms with Crippen molar-refractivity contribution in [3.05, 3.63) is 23.8 Å². The van der Waals surface area contributed by atoms with E-state index in [9.17, 15) is 4.79 Å². The summed E-state index contributed by atoms with van der Waals surface area (Å²) < 4.78 is 0. The largest absolute Gasteiger partial charge is 0.399 e. The van der Waals surface area contributed by atoms with Crippen molar-refractivity contribution in [2.24, 2.45) is 0 Å². The first kappa shape index (κ1) is 11.0. The summed E-state index contributed by atoms with van der Waals surface area (Å²) in [6.45, 7) is 3.69. The van der Waals surface area contributed by atoms with Crippen LogP contribution in [0.4, 0.5) is 11.4 Å². The molecule has 0 bridgehead atoms. The van der Waals surface area contributed by atoms with Crippen LogP contribution in [0.2, 0.25) is 0 Å². The molecule has 0 amide bonds. The van der Waals surface area contributed by atoms with Gasteiger partial charge in [-0.2, -0.15) is 0 Å². The van der Waals surface area contributed by atoms with Gasteiger partial charge in [0, 0.05) is 30.0 Å². The maximum absolute atomic E-state index is 11.6. The minimum absolute atomic E-state index is 0.0906. The molecule has 0 radical (unpaired) electrons. The van der Waals surface area contributed by atoms with Crippen LogP contribution in [0.15, 0.2) is 18.2 Å². The third kappa shape index (κ3) is 2.18. The molecule has 0 unspecified atom stereocenters. The molecular weight excluding hydrogens is 200 g/mol. The average molecular weight is 218 g/mol. The van der Waals surface area contributed by atoms with Gasteiger partial charge in [-0.15, -0.1) is 0 Å². The molecule has 2 N–H and O–H groups in total. The number of nitrogen functional groups attached to an aromatic ring is 1. The van der Waals surface area contributed by atoms with Gasteiger partial charge in [0.05, 0.1) is 0 Å². The van der Waals surface area contributed by atoms with Gasteiger partial charge in [-0.05, 0) is 44.4 Å². The van der Waals surface area contributed by atoms with Gasteiger partial charge in [-0.3, -0.25) is 4.79 Å². The van der Waals surface area contributed by atoms with Crippen molar-refractivity contribution in [2.75, 3.05) is 23.7 Å². The lowest BCUT2D eigenvalue weighted by atomic mass is 10.0. The molecule has 0 atom stereocenters. The lowest BCUT2D eigenvalue weighted by Gasteiger charge is -2.30. The van der Waals surface area contributed by atoms with E-state index >= 15 is 0 Å². The van der Waals surface area contributed by atoms with Crippen LogP contribution in [-0.2, 0) is 0 Å². The highest BCUT2D eigenvalue weighted by Gasteiger charge is 2.16. The predicted octanol–water partition coefficient (Wildman–Crippen LogP) is 2.46. The minimum atomic E-state index is 0.0906. The summed E-state index contributed by atoms with van der Waals surface area (Å²) in [5.41, 5.74) is 8.18. The molecule has 2 rings (SSSR count). The van der Waals surface area contributed by atoms with Crippen LogP contribution in [0.1, 0.15) is 36.5 Å². The molecule has 16 heavy (non-hydrogen) atoms. The summed E-state index contributed by atoms with van der Waals surface area (Å²) in [5, 5.41) is 0. The highest BCUT2D eigenvalue weighted by Crippen LogP contribution is 2.26. The van der Waals surface area contributed by atoms with Crippen molar-refractivity contribution in [3.63, 3.8) is 0 Å². The Kier molecular flexibility index (Phi) is 3.13. The first-order chi connectivity index (χ1) is 7.68. The Hall–Kier alpha value is -1.51. The highest BCUT2D eigenvalue weighted by atomic mass is 16.1. The van der Waals surface area contributed by atoms with Gasteiger partial charge in [0.2, 0.25) is 0 Å². The number of carbonyl (C=O) groups excluding carboxylic acids is 1. The van der Waals surface area contributed by atoms with E-state index in [0.29, 0.717) is 5.69 Å². The second kappa shape index (κ2) is 4.56. The zero-order chi connectivity index (χ0) is 11.5. The molecule has 1 heterocycles. The highest BCUT2D eigenvalue weighted by molar-refractivity contribution is 6.00. The number of ketones is 1. The van der Waals surface area contributed by atoms with Crippen molar-refractivity contribution in [3.8, 4) is 0 Å². The zero-order valence-electron chi connectivity index (χ0n) is 9.70. The standard InChI is InChI=1S/C13H18N2O/c1-10(16)12-9-11(14)5-6-13(12)15-7-3-2-4-8-15/h5-6,9H,2-4,7-8,14H2,1H3. The number of anilines is 2. The van der Waals surface area contributed by atoms with Crippen molar-refractivity contribution in [1.29, 1.82) is 0 Å². The number of piperidine rings is 1. The van der Waals surface area contributed by atoms with E-state index in [4.69, 9.17) is 5.73 Å². The Morgan fingerprint density at radius 1 is 1.25 bits per heavy atom. The maximum atomic E-state index is 11.6. The third-order valence-corrected chi connectivity index (χ3v) is 3.10. The third-order valence-electron chi connectivity index (χ3n) is 3.10. The van der Waals surface area contributed by atoms with Crippen LogP contribution in [0.5, 0.6) is 0 Å². The normalized spacial score (nSPS) is 16.2. The van der Waals surface area contributed by atoms with Crippen LogP contribution in [0.3, 0.4) is 0 Å². The topological polar surface area (TPSA) is 46.3 Å². The Bertz CT molecular complexity index is 395. The fourth-order valence-electron chi connectivity index (χ4n) is 2.25. The summed E-state index contributed by atoms with van der Waals surface area (Å²) in [7, 11) is 0. The molecule has 0 saturated carbocycles. The lowest BCUT2D eigenvalue weighted by Crippen LogP contribution is -2.30. The van der Waals surface area contributed by atoms with Crippen LogP contribution >= 0.6 is 0 Å². The van der Waals surface area contributed by atoms with Gasteiger partial charge in [-0.25, -0.2) is 0 Å². The second-order valence-corrected chi connectivity index (χ2v) is 4.38. The molecule has 1 fully saturated rings. The first-order valence-electron chi connectivity index (χ1n) is 5.84. The summed E-state index contributed by atoms with van der Waals surface area (Å²) in [5.74, 6) is 0.0906. The number of hydrogen-bond acceptors (Lipinski definition) is 3. The number of nitrogens with zero attached hydrogens (tertiary/aromatic N) is 1. The molecule has 1 saturated heterocycles. The Balaban J connectivity index is 2.34. The molecule has 3 nitrogen and oxygen atoms in total. The predicted molar refractivity (Wildman–Crippen MR) is 66.9 cm³/mol. The van der Waals surface area contributed by atoms with E-state index in [1.165, 1.54) is 19.3 Å². The Morgan fingerprint density at radius 2 is 1.94 bits per heavy atom. The van der Waals surface area contributed by atoms with Crippen LogP contribution in [0.25, 0.3) is 0 Å². The van der Waals surface area contributed by atoms with E-state index in [1.54, 1.807) is 13.0 Å². The molecule has 0 spiro atoms. The van der Waals surface area contributed by atoms with Gasteiger partial charge in [-0.1, -0.05) is 0 Å². The lowest BCUT2D eigenvalue weighted by molar-refractivity contribution is 0.101. The number of hydrogen-bond donors (Lipinski definition) is 1. The van der Waals surface area contributed by atoms with Crippen molar-refractivity contribution in [1.82, 2.24) is 0 Å². The van der Waals surface area contributed by atoms with Crippen LogP contribution < -0.4 is 10.6 Å². The van der Waals surface area contributed by atoms with E-state index in [0.717, 1.165) is 24.3 Å². The zero-order valence-corrected chi connectivity index (χ0v) is 9.70. The molecule has 86 valence electrons. The Morgan fingerprint density at radius 3 is 2.56 bits per heavy atom. The summed E-state index contributed by atoms with van der Waals surface area (Å²) in [4.78, 5) is 13.9. The fraction of sp³-hybridized carbons (Fsp3) is 0.462. The maximum Gasteiger partial charge on any atom is 0.161 e. The minimum Gasteiger partial charge on any atom is -0.399 e. The van der Waals surface area contributed by atoms with Gasteiger partial charge in [0.15, 0.2) is 5.78 Å². The van der Waals surface area contributed by atoms with E-state index in [-0.39, 0.29) is 5.78 Å². The SMILES string of the molecule is CC(=O)c1cc(N)ccc1N1CCCCC1. The number of carbonyl (C=O) groups is 1. The molecule has 3 heteroatoms. The fourth-order valence-corrected chi connectivity index (χ4v) is 2.25. The summed E-state index contributed by atoms with van der Waals surface area (Å²) in [6.07, 6.45) is 3.71. The van der Waals surface area contributed by atoms with Gasteiger partial charge in [0.25, 0.3) is 0 Å². The molecule has 0 aliphatic carbocycles. The quantitative estimate of drug-likeness (QED) is 0.612. The molecule has 1 aromatic carbocycles. The Labute approximate surface area is 96.2 Å². The summed E-state index contributed by atoms with van der Waals surface area (Å²) in [6, 6.07) is 5.63. The van der Waals surface area contributed by atoms with Crippen LogP contribution in [0, 0.1) is 0 Å². The number of Topliss-reactive ketones (excluding diaryl/α,β-unsaturated/α-hetero) is 1. The monoisotopic (exact) mass is 218 g/mol. The van der Waals surface area contributed by atoms with Crippen LogP contribution in [-0.4, -0.2) is 18.9 Å². The smallest absolute Gasteiger partial charge is 0.161 e. The van der Waals surface area contributed by atoms with E-state index in [1.807, 2.05) is 12.1 Å². The molecule has 0 aromatic heterocycles. The first-order valence-corrected chi connectivity index (χ1v) is 5.84. The van der Waals surface area contributed by atoms with Gasteiger partial charge in [0.1, 0.15) is 0 Å². The van der Waals surface area contributed by atoms with E-state index in [2.05, 4.69) is 4.90 Å². The molecular formula is C13H18N2O. The summed E-state index contributed by atoms with van der Waals surface area (Å²) >= 11 is 0. The molecule has 1 aliphatic rings. The number of rotatable bonds is 2. The number of benzene rings is 1. The average Bonchev–Trinajstić information content (AvgIpc) is 2.30. The van der Waals surface area contributed by atoms with Crippen molar-refractivity contribution in [2.45, 2.75) is 26.2 Å². The van der Waals surface area contributed by atoms with Gasteiger partial charge < -0.3 is 10.6 Å². The van der Waals surface area contributed by atoms with Crippen molar-refractivity contribution < 1.29 is 4.79 Å². The van der Waals surface area contributed by atoms with E-state index < -0.39 is 0 Å². The molecule has 1 aromatic rings. The number of nitrogens with two attached hydrogens (primary N) is 1. The molecule has 1 aliphatic heterocycles.